The van der Waals surface area contributed by atoms with Crippen LogP contribution in [0, 0.1) is 52.8 Å². The normalized spacial score (nSPS) is 53.0. The fourth-order valence-corrected chi connectivity index (χ4v) is 8.24. The standard InChI is InChI=1S/C19H27N3OS/c20-8-13-17-16-11(14-9-24-7-6-21-14)5-4-10-2-1-3-12(15(10)16)18(17)22-19(13)23/h10-18,21H,1-7,9H2,(H,22,23). The van der Waals surface area contributed by atoms with Crippen molar-refractivity contribution in [3.63, 3.8) is 0 Å². The molecular weight excluding hydrogens is 318 g/mol. The highest BCUT2D eigenvalue weighted by Gasteiger charge is 2.64. The average molecular weight is 346 g/mol. The van der Waals surface area contributed by atoms with Gasteiger partial charge in [0, 0.05) is 36.1 Å². The molecule has 2 aliphatic heterocycles. The predicted molar refractivity (Wildman–Crippen MR) is 94.2 cm³/mol. The first-order chi connectivity index (χ1) is 11.8. The molecule has 0 aromatic carbocycles. The third-order valence-corrected chi connectivity index (χ3v) is 8.95. The average Bonchev–Trinajstić information content (AvgIpc) is 3.12. The SMILES string of the molecule is N#CC1C(=O)NC2C3CCCC4CCC(C5CSCCN5)C(C43)C12. The van der Waals surface area contributed by atoms with Crippen LogP contribution >= 0.6 is 11.8 Å². The molecule has 3 saturated carbocycles. The minimum atomic E-state index is -0.400. The van der Waals surface area contributed by atoms with Gasteiger partial charge in [-0.15, -0.1) is 0 Å². The van der Waals surface area contributed by atoms with E-state index in [4.69, 9.17) is 0 Å². The molecule has 5 heteroatoms. The van der Waals surface area contributed by atoms with Crippen LogP contribution in [0.25, 0.3) is 0 Å². The highest BCUT2D eigenvalue weighted by atomic mass is 32.2. The molecule has 0 radical (unpaired) electrons. The van der Waals surface area contributed by atoms with Gasteiger partial charge in [-0.3, -0.25) is 4.79 Å². The minimum absolute atomic E-state index is 0.0170. The lowest BCUT2D eigenvalue weighted by Gasteiger charge is -2.49. The Morgan fingerprint density at radius 2 is 2.00 bits per heavy atom. The van der Waals surface area contributed by atoms with Gasteiger partial charge in [-0.2, -0.15) is 17.0 Å². The molecule has 1 amide bonds. The van der Waals surface area contributed by atoms with E-state index in [1.807, 2.05) is 0 Å². The number of hydrogen-bond acceptors (Lipinski definition) is 4. The van der Waals surface area contributed by atoms with Crippen molar-refractivity contribution in [1.29, 1.82) is 5.26 Å². The van der Waals surface area contributed by atoms with E-state index in [-0.39, 0.29) is 17.9 Å². The van der Waals surface area contributed by atoms with E-state index < -0.39 is 5.92 Å². The molecule has 0 bridgehead atoms. The molecule has 2 N–H and O–H groups in total. The van der Waals surface area contributed by atoms with Crippen LogP contribution in [0.3, 0.4) is 0 Å². The zero-order valence-electron chi connectivity index (χ0n) is 14.1. The topological polar surface area (TPSA) is 64.9 Å². The fraction of sp³-hybridized carbons (Fsp3) is 0.895. The molecular formula is C19H27N3OS. The summed E-state index contributed by atoms with van der Waals surface area (Å²) < 4.78 is 0. The van der Waals surface area contributed by atoms with Crippen molar-refractivity contribution in [1.82, 2.24) is 10.6 Å². The van der Waals surface area contributed by atoms with Gasteiger partial charge in [0.2, 0.25) is 5.91 Å². The fourth-order valence-electron chi connectivity index (χ4n) is 7.19. The quantitative estimate of drug-likeness (QED) is 0.763. The van der Waals surface area contributed by atoms with E-state index in [1.165, 1.54) is 43.6 Å². The van der Waals surface area contributed by atoms with E-state index >= 15 is 0 Å². The van der Waals surface area contributed by atoms with Crippen LogP contribution < -0.4 is 10.6 Å². The van der Waals surface area contributed by atoms with Gasteiger partial charge < -0.3 is 10.6 Å². The van der Waals surface area contributed by atoms with Crippen molar-refractivity contribution in [3.05, 3.63) is 0 Å². The van der Waals surface area contributed by atoms with Gasteiger partial charge in [-0.1, -0.05) is 12.8 Å². The van der Waals surface area contributed by atoms with Crippen molar-refractivity contribution in [2.24, 2.45) is 41.4 Å². The maximum absolute atomic E-state index is 12.4. The van der Waals surface area contributed by atoms with E-state index in [0.717, 1.165) is 18.4 Å². The molecule has 9 unspecified atom stereocenters. The van der Waals surface area contributed by atoms with Gasteiger partial charge >= 0.3 is 0 Å². The summed E-state index contributed by atoms with van der Waals surface area (Å²) >= 11 is 2.07. The zero-order valence-corrected chi connectivity index (χ0v) is 14.9. The van der Waals surface area contributed by atoms with Crippen LogP contribution in [-0.2, 0) is 4.79 Å². The van der Waals surface area contributed by atoms with E-state index in [2.05, 4.69) is 28.5 Å². The van der Waals surface area contributed by atoms with E-state index in [9.17, 15) is 10.1 Å². The molecule has 5 fully saturated rings. The van der Waals surface area contributed by atoms with Gasteiger partial charge in [-0.05, 0) is 48.9 Å². The molecule has 0 aromatic rings. The number of nitrogens with one attached hydrogen (secondary N) is 2. The number of hydrogen-bond donors (Lipinski definition) is 2. The van der Waals surface area contributed by atoms with Crippen molar-refractivity contribution < 1.29 is 4.79 Å². The highest BCUT2D eigenvalue weighted by Crippen LogP contribution is 2.62. The molecule has 4 nitrogen and oxygen atoms in total. The molecule has 2 saturated heterocycles. The van der Waals surface area contributed by atoms with Gasteiger partial charge in [0.1, 0.15) is 5.92 Å². The monoisotopic (exact) mass is 345 g/mol. The Morgan fingerprint density at radius 3 is 2.79 bits per heavy atom. The highest BCUT2D eigenvalue weighted by molar-refractivity contribution is 7.99. The summed E-state index contributed by atoms with van der Waals surface area (Å²) in [5.74, 6) is 5.82. The summed E-state index contributed by atoms with van der Waals surface area (Å²) in [5, 5.41) is 16.7. The van der Waals surface area contributed by atoms with Gasteiger partial charge in [0.25, 0.3) is 0 Å². The lowest BCUT2D eigenvalue weighted by molar-refractivity contribution is -0.123. The van der Waals surface area contributed by atoms with Crippen molar-refractivity contribution in [2.75, 3.05) is 18.1 Å². The molecule has 5 rings (SSSR count). The number of carbonyl (C=O) groups is 1. The lowest BCUT2D eigenvalue weighted by Crippen LogP contribution is -2.51. The molecule has 0 aromatic heterocycles. The molecule has 2 heterocycles. The van der Waals surface area contributed by atoms with Crippen LogP contribution in [0.2, 0.25) is 0 Å². The predicted octanol–water partition coefficient (Wildman–Crippen LogP) is 2.02. The van der Waals surface area contributed by atoms with Crippen molar-refractivity contribution in [3.8, 4) is 6.07 Å². The second kappa shape index (κ2) is 5.92. The minimum Gasteiger partial charge on any atom is -0.352 e. The first kappa shape index (κ1) is 15.5. The molecule has 0 spiro atoms. The number of amides is 1. The Balaban J connectivity index is 1.52. The number of rotatable bonds is 1. The lowest BCUT2D eigenvalue weighted by atomic mass is 9.58. The van der Waals surface area contributed by atoms with E-state index in [1.54, 1.807) is 0 Å². The van der Waals surface area contributed by atoms with Crippen LogP contribution in [0.5, 0.6) is 0 Å². The summed E-state index contributed by atoms with van der Waals surface area (Å²) in [5.41, 5.74) is 0. The Bertz CT molecular complexity index is 569. The second-order valence-corrected chi connectivity index (χ2v) is 9.75. The maximum Gasteiger partial charge on any atom is 0.237 e. The second-order valence-electron chi connectivity index (χ2n) is 8.60. The van der Waals surface area contributed by atoms with Gasteiger partial charge in [-0.25, -0.2) is 0 Å². The molecule has 9 atom stereocenters. The third kappa shape index (κ3) is 2.12. The van der Waals surface area contributed by atoms with Crippen LogP contribution in [-0.4, -0.2) is 36.0 Å². The number of nitriles is 1. The largest absolute Gasteiger partial charge is 0.352 e. The number of carbonyl (C=O) groups excluding carboxylic acids is 1. The third-order valence-electron chi connectivity index (χ3n) is 7.86. The molecule has 3 aliphatic carbocycles. The Morgan fingerprint density at radius 1 is 1.08 bits per heavy atom. The summed E-state index contributed by atoms with van der Waals surface area (Å²) in [7, 11) is 0. The zero-order chi connectivity index (χ0) is 16.3. The Labute approximate surface area is 148 Å². The van der Waals surface area contributed by atoms with Gasteiger partial charge in [0.05, 0.1) is 6.07 Å². The van der Waals surface area contributed by atoms with Crippen LogP contribution in [0.1, 0.15) is 32.1 Å². The molecule has 24 heavy (non-hydrogen) atoms. The van der Waals surface area contributed by atoms with E-state index in [0.29, 0.717) is 23.8 Å². The summed E-state index contributed by atoms with van der Waals surface area (Å²) in [6.45, 7) is 1.11. The summed E-state index contributed by atoms with van der Waals surface area (Å²) in [6.07, 6.45) is 6.62. The maximum atomic E-state index is 12.4. The smallest absolute Gasteiger partial charge is 0.237 e. The van der Waals surface area contributed by atoms with Crippen molar-refractivity contribution >= 4 is 17.7 Å². The Kier molecular flexibility index (Phi) is 3.83. The van der Waals surface area contributed by atoms with Crippen LogP contribution in [0.15, 0.2) is 0 Å². The Hall–Kier alpha value is -0.730. The van der Waals surface area contributed by atoms with Gasteiger partial charge in [0.15, 0.2) is 0 Å². The van der Waals surface area contributed by atoms with Crippen LogP contribution in [0.4, 0.5) is 0 Å². The first-order valence-electron chi connectivity index (χ1n) is 9.80. The van der Waals surface area contributed by atoms with Crippen molar-refractivity contribution in [2.45, 2.75) is 44.2 Å². The molecule has 5 aliphatic rings. The summed E-state index contributed by atoms with van der Waals surface area (Å²) in [6, 6.07) is 3.26. The number of fused-ring (bicyclic) bond motifs is 3. The number of nitrogens with zero attached hydrogens (tertiary/aromatic N) is 1. The first-order valence-corrected chi connectivity index (χ1v) is 11.0. The number of thioether (sulfide) groups is 1. The molecule has 130 valence electrons. The summed E-state index contributed by atoms with van der Waals surface area (Å²) in [4.78, 5) is 12.4.